The molecule has 29 heavy (non-hydrogen) atoms. The van der Waals surface area contributed by atoms with Crippen LogP contribution in [0, 0.1) is 13.8 Å². The summed E-state index contributed by atoms with van der Waals surface area (Å²) in [6, 6.07) is 5.74. The maximum absolute atomic E-state index is 12.4. The van der Waals surface area contributed by atoms with E-state index in [4.69, 9.17) is 9.47 Å². The van der Waals surface area contributed by atoms with Crippen molar-refractivity contribution in [3.8, 4) is 11.5 Å². The Morgan fingerprint density at radius 3 is 2.79 bits per heavy atom. The fraction of sp³-hybridized carbons (Fsp3) is 0.368. The summed E-state index contributed by atoms with van der Waals surface area (Å²) < 4.78 is 13.0. The van der Waals surface area contributed by atoms with Gasteiger partial charge in [0, 0.05) is 12.4 Å². The molecule has 3 aromatic rings. The first-order valence-corrected chi connectivity index (χ1v) is 10.7. The van der Waals surface area contributed by atoms with Crippen LogP contribution in [0.15, 0.2) is 28.7 Å². The maximum Gasteiger partial charge on any atom is 0.239 e. The quantitative estimate of drug-likeness (QED) is 0.543. The number of aryl methyl sites for hydroxylation is 2. The van der Waals surface area contributed by atoms with Crippen LogP contribution in [0.5, 0.6) is 11.5 Å². The van der Waals surface area contributed by atoms with Gasteiger partial charge in [-0.2, -0.15) is 0 Å². The van der Waals surface area contributed by atoms with Gasteiger partial charge in [-0.25, -0.2) is 4.98 Å². The Balaban J connectivity index is 1.61. The first kappa shape index (κ1) is 21.1. The third kappa shape index (κ3) is 5.27. The van der Waals surface area contributed by atoms with Crippen LogP contribution in [0.1, 0.15) is 24.0 Å². The van der Waals surface area contributed by atoms with E-state index in [-0.39, 0.29) is 17.8 Å². The molecule has 0 bridgehead atoms. The van der Waals surface area contributed by atoms with E-state index in [9.17, 15) is 4.79 Å². The summed E-state index contributed by atoms with van der Waals surface area (Å²) in [7, 11) is 3.46. The molecule has 0 fully saturated rings. The lowest BCUT2D eigenvalue weighted by Gasteiger charge is -2.12. The number of nitrogens with zero attached hydrogens (tertiary/aromatic N) is 4. The van der Waals surface area contributed by atoms with Gasteiger partial charge in [0.1, 0.15) is 6.61 Å². The molecule has 8 nitrogen and oxygen atoms in total. The Hall–Kier alpha value is -2.59. The number of benzene rings is 1. The molecule has 0 aliphatic carbocycles. The molecule has 1 aromatic carbocycles. The molecule has 1 N–H and O–H groups in total. The highest BCUT2D eigenvalue weighted by molar-refractivity contribution is 8.00. The summed E-state index contributed by atoms with van der Waals surface area (Å²) in [5.74, 6) is 1.83. The second-order valence-electron chi connectivity index (χ2n) is 6.44. The van der Waals surface area contributed by atoms with Crippen molar-refractivity contribution in [3.63, 3.8) is 0 Å². The largest absolute Gasteiger partial charge is 0.493 e. The topological polar surface area (TPSA) is 91.2 Å². The zero-order valence-electron chi connectivity index (χ0n) is 16.9. The molecule has 1 amide bonds. The van der Waals surface area contributed by atoms with E-state index >= 15 is 0 Å². The fourth-order valence-corrected chi connectivity index (χ4v) is 3.96. The van der Waals surface area contributed by atoms with E-state index in [0.29, 0.717) is 27.6 Å². The number of anilines is 1. The monoisotopic (exact) mass is 433 g/mol. The lowest BCUT2D eigenvalue weighted by molar-refractivity contribution is -0.115. The number of methoxy groups -OCH3 is 1. The zero-order valence-corrected chi connectivity index (χ0v) is 18.6. The molecule has 3 rings (SSSR count). The lowest BCUT2D eigenvalue weighted by Crippen LogP contribution is -2.22. The fourth-order valence-electron chi connectivity index (χ4n) is 2.44. The van der Waals surface area contributed by atoms with Gasteiger partial charge in [-0.05, 0) is 38.5 Å². The van der Waals surface area contributed by atoms with Gasteiger partial charge >= 0.3 is 0 Å². The number of hydrogen-bond acceptors (Lipinski definition) is 8. The first-order chi connectivity index (χ1) is 13.9. The molecule has 0 radical (unpaired) electrons. The minimum absolute atomic E-state index is 0.130. The molecule has 0 saturated carbocycles. The van der Waals surface area contributed by atoms with Crippen molar-refractivity contribution in [1.82, 2.24) is 19.7 Å². The molecule has 0 saturated heterocycles. The predicted octanol–water partition coefficient (Wildman–Crippen LogP) is 3.60. The van der Waals surface area contributed by atoms with Crippen molar-refractivity contribution in [1.29, 1.82) is 0 Å². The van der Waals surface area contributed by atoms with E-state index in [1.54, 1.807) is 7.11 Å². The average Bonchev–Trinajstić information content (AvgIpc) is 3.26. The van der Waals surface area contributed by atoms with Gasteiger partial charge in [0.15, 0.2) is 27.6 Å². The Kier molecular flexibility index (Phi) is 6.75. The second-order valence-corrected chi connectivity index (χ2v) is 8.61. The van der Waals surface area contributed by atoms with Crippen LogP contribution in [-0.2, 0) is 18.4 Å². The smallest absolute Gasteiger partial charge is 0.239 e. The van der Waals surface area contributed by atoms with Crippen LogP contribution in [-0.4, -0.2) is 38.0 Å². The number of aromatic nitrogens is 4. The molecule has 2 aromatic heterocycles. The van der Waals surface area contributed by atoms with Crippen LogP contribution in [0.25, 0.3) is 0 Å². The Morgan fingerprint density at radius 1 is 1.31 bits per heavy atom. The van der Waals surface area contributed by atoms with Crippen LogP contribution in [0.4, 0.5) is 5.13 Å². The Labute approximate surface area is 177 Å². The van der Waals surface area contributed by atoms with E-state index in [0.717, 1.165) is 11.3 Å². The minimum Gasteiger partial charge on any atom is -0.493 e. The van der Waals surface area contributed by atoms with Crippen LogP contribution < -0.4 is 14.8 Å². The number of thioether (sulfide) groups is 1. The summed E-state index contributed by atoms with van der Waals surface area (Å²) in [6.07, 6.45) is 0. The van der Waals surface area contributed by atoms with Crippen molar-refractivity contribution in [2.45, 2.75) is 37.8 Å². The van der Waals surface area contributed by atoms with Crippen molar-refractivity contribution in [2.24, 2.45) is 7.05 Å². The number of carbonyl (C=O) groups excluding carboxylic acids is 1. The average molecular weight is 434 g/mol. The Bertz CT molecular complexity index is 1000. The van der Waals surface area contributed by atoms with E-state index < -0.39 is 0 Å². The number of thiazole rings is 1. The summed E-state index contributed by atoms with van der Waals surface area (Å²) in [5, 5.41) is 14.0. The molecule has 1 atom stereocenters. The van der Waals surface area contributed by atoms with Crippen LogP contribution in [0.2, 0.25) is 0 Å². The highest BCUT2D eigenvalue weighted by atomic mass is 32.2. The minimum atomic E-state index is -0.354. The number of rotatable bonds is 8. The standard InChI is InChI=1S/C19H23N5O3S2/c1-11-6-7-14(15(8-11)26-5)27-9-16-22-23-19(24(16)4)29-13(3)17(25)21-18-20-12(2)10-28-18/h6-8,10,13H,9H2,1-5H3,(H,20,21,25). The molecule has 10 heteroatoms. The van der Waals surface area contributed by atoms with Gasteiger partial charge in [-0.15, -0.1) is 21.5 Å². The number of carbonyl (C=O) groups is 1. The van der Waals surface area contributed by atoms with Gasteiger partial charge in [-0.3, -0.25) is 4.79 Å². The number of amides is 1. The highest BCUT2D eigenvalue weighted by Gasteiger charge is 2.20. The van der Waals surface area contributed by atoms with Gasteiger partial charge in [0.05, 0.1) is 18.1 Å². The van der Waals surface area contributed by atoms with Crippen molar-refractivity contribution >= 4 is 34.1 Å². The number of ether oxygens (including phenoxy) is 2. The predicted molar refractivity (Wildman–Crippen MR) is 114 cm³/mol. The van der Waals surface area contributed by atoms with Crippen molar-refractivity contribution < 1.29 is 14.3 Å². The maximum atomic E-state index is 12.4. The van der Waals surface area contributed by atoms with Crippen LogP contribution in [0.3, 0.4) is 0 Å². The molecule has 1 unspecified atom stereocenters. The van der Waals surface area contributed by atoms with Gasteiger partial charge in [0.25, 0.3) is 0 Å². The SMILES string of the molecule is COc1cc(C)ccc1OCc1nnc(SC(C)C(=O)Nc2nc(C)cs2)n1C. The Morgan fingerprint density at radius 2 is 2.10 bits per heavy atom. The zero-order chi connectivity index (χ0) is 21.0. The third-order valence-electron chi connectivity index (χ3n) is 4.10. The molecular formula is C19H23N5O3S2. The molecule has 2 heterocycles. The van der Waals surface area contributed by atoms with E-state index in [1.165, 1.54) is 23.1 Å². The molecule has 0 aliphatic rings. The van der Waals surface area contributed by atoms with Gasteiger partial charge in [0.2, 0.25) is 5.91 Å². The highest BCUT2D eigenvalue weighted by Crippen LogP contribution is 2.29. The number of nitrogens with one attached hydrogen (secondary N) is 1. The van der Waals surface area contributed by atoms with Crippen molar-refractivity contribution in [2.75, 3.05) is 12.4 Å². The number of hydrogen-bond donors (Lipinski definition) is 1. The molecule has 0 aliphatic heterocycles. The summed E-state index contributed by atoms with van der Waals surface area (Å²) in [6.45, 7) is 5.94. The summed E-state index contributed by atoms with van der Waals surface area (Å²) in [5.41, 5.74) is 1.97. The van der Waals surface area contributed by atoms with Crippen LogP contribution >= 0.6 is 23.1 Å². The molecule has 154 valence electrons. The third-order valence-corrected chi connectivity index (χ3v) is 6.11. The lowest BCUT2D eigenvalue weighted by atomic mass is 10.2. The second kappa shape index (κ2) is 9.27. The van der Waals surface area contributed by atoms with Crippen molar-refractivity contribution in [3.05, 3.63) is 40.7 Å². The molecule has 0 spiro atoms. The summed E-state index contributed by atoms with van der Waals surface area (Å²) >= 11 is 2.74. The molecular weight excluding hydrogens is 410 g/mol. The van der Waals surface area contributed by atoms with Gasteiger partial charge < -0.3 is 19.4 Å². The van der Waals surface area contributed by atoms with E-state index in [1.807, 2.05) is 56.0 Å². The normalized spacial score (nSPS) is 11.9. The van der Waals surface area contributed by atoms with Gasteiger partial charge in [-0.1, -0.05) is 17.8 Å². The summed E-state index contributed by atoms with van der Waals surface area (Å²) in [4.78, 5) is 16.6. The van der Waals surface area contributed by atoms with E-state index in [2.05, 4.69) is 20.5 Å². The first-order valence-electron chi connectivity index (χ1n) is 8.92.